The van der Waals surface area contributed by atoms with E-state index >= 15 is 0 Å². The summed E-state index contributed by atoms with van der Waals surface area (Å²) < 4.78 is 10.0. The lowest BCUT2D eigenvalue weighted by Crippen LogP contribution is -2.25. The number of hydrogen-bond donors (Lipinski definition) is 0. The van der Waals surface area contributed by atoms with Crippen molar-refractivity contribution in [2.45, 2.75) is 44.6 Å². The average molecular weight is 262 g/mol. The van der Waals surface area contributed by atoms with Gasteiger partial charge in [0.25, 0.3) is 0 Å². The van der Waals surface area contributed by atoms with Crippen molar-refractivity contribution in [3.05, 3.63) is 35.4 Å². The monoisotopic (exact) mass is 262 g/mol. The summed E-state index contributed by atoms with van der Waals surface area (Å²) in [7, 11) is 1.42. The van der Waals surface area contributed by atoms with Gasteiger partial charge in [0, 0.05) is 0 Å². The van der Waals surface area contributed by atoms with Gasteiger partial charge in [0.15, 0.2) is 5.60 Å². The summed E-state index contributed by atoms with van der Waals surface area (Å²) in [5.41, 5.74) is 2.09. The Bertz CT molecular complexity index is 418. The van der Waals surface area contributed by atoms with Crippen LogP contribution in [-0.2, 0) is 20.7 Å². The zero-order valence-corrected chi connectivity index (χ0v) is 11.8. The van der Waals surface area contributed by atoms with E-state index in [4.69, 9.17) is 9.47 Å². The van der Waals surface area contributed by atoms with Crippen LogP contribution in [0.3, 0.4) is 0 Å². The van der Waals surface area contributed by atoms with Crippen molar-refractivity contribution in [1.82, 2.24) is 0 Å². The van der Waals surface area contributed by atoms with Crippen LogP contribution in [0, 0.1) is 6.92 Å². The molecule has 0 saturated carbocycles. The Hall–Kier alpha value is -1.35. The highest BCUT2D eigenvalue weighted by atomic mass is 16.6. The summed E-state index contributed by atoms with van der Waals surface area (Å²) in [6.45, 7) is 2.63. The van der Waals surface area contributed by atoms with E-state index in [-0.39, 0.29) is 5.97 Å². The fourth-order valence-corrected chi connectivity index (χ4v) is 2.31. The van der Waals surface area contributed by atoms with Gasteiger partial charge in [-0.2, -0.15) is 0 Å². The fourth-order valence-electron chi connectivity index (χ4n) is 2.31. The third-order valence-electron chi connectivity index (χ3n) is 3.72. The van der Waals surface area contributed by atoms with Crippen molar-refractivity contribution >= 4 is 5.97 Å². The maximum absolute atomic E-state index is 11.5. The van der Waals surface area contributed by atoms with Gasteiger partial charge in [0.2, 0.25) is 0 Å². The lowest BCUT2D eigenvalue weighted by molar-refractivity contribution is -0.147. The molecule has 0 spiro atoms. The van der Waals surface area contributed by atoms with E-state index in [9.17, 15) is 4.79 Å². The van der Waals surface area contributed by atoms with Crippen LogP contribution in [-0.4, -0.2) is 25.3 Å². The summed E-state index contributed by atoms with van der Waals surface area (Å²) >= 11 is 0. The molecule has 0 bridgehead atoms. The summed E-state index contributed by atoms with van der Waals surface area (Å²) in [4.78, 5) is 11.5. The minimum absolute atomic E-state index is 0.217. The third-order valence-corrected chi connectivity index (χ3v) is 3.72. The lowest BCUT2D eigenvalue weighted by Gasteiger charge is -2.08. The van der Waals surface area contributed by atoms with E-state index in [0.29, 0.717) is 6.61 Å². The largest absolute Gasteiger partial charge is 0.467 e. The number of hydrogen-bond acceptors (Lipinski definition) is 3. The summed E-state index contributed by atoms with van der Waals surface area (Å²) in [5, 5.41) is 0. The number of rotatable bonds is 7. The highest BCUT2D eigenvalue weighted by Gasteiger charge is 2.52. The second-order valence-corrected chi connectivity index (χ2v) is 5.32. The molecule has 0 N–H and O–H groups in total. The summed E-state index contributed by atoms with van der Waals surface area (Å²) in [5.74, 6) is -0.217. The minimum Gasteiger partial charge on any atom is -0.467 e. The number of epoxide rings is 1. The predicted octanol–water partition coefficient (Wildman–Crippen LogP) is 3.04. The van der Waals surface area contributed by atoms with Crippen LogP contribution in [0.2, 0.25) is 0 Å². The standard InChI is InChI=1S/C16H22O3/c1-13-7-9-14(10-8-13)6-4-3-5-11-16(12-19-16)15(17)18-2/h7-10H,3-6,11-12H2,1-2H3. The van der Waals surface area contributed by atoms with Crippen LogP contribution in [0.1, 0.15) is 36.8 Å². The molecule has 1 aromatic rings. The van der Waals surface area contributed by atoms with Crippen LogP contribution < -0.4 is 0 Å². The first-order valence-corrected chi connectivity index (χ1v) is 6.94. The normalized spacial score (nSPS) is 21.2. The Kier molecular flexibility index (Phi) is 4.59. The number of carbonyl (C=O) groups is 1. The number of unbranched alkanes of at least 4 members (excludes halogenated alkanes) is 2. The Morgan fingerprint density at radius 3 is 2.53 bits per heavy atom. The summed E-state index contributed by atoms with van der Waals surface area (Å²) in [6, 6.07) is 8.68. The van der Waals surface area contributed by atoms with E-state index in [1.165, 1.54) is 18.2 Å². The van der Waals surface area contributed by atoms with Crippen molar-refractivity contribution < 1.29 is 14.3 Å². The predicted molar refractivity (Wildman–Crippen MR) is 74.1 cm³/mol. The number of methoxy groups -OCH3 is 1. The first-order valence-electron chi connectivity index (χ1n) is 6.94. The molecule has 1 aliphatic heterocycles. The van der Waals surface area contributed by atoms with Gasteiger partial charge in [-0.3, -0.25) is 0 Å². The average Bonchev–Trinajstić information content (AvgIpc) is 3.21. The van der Waals surface area contributed by atoms with Gasteiger partial charge in [-0.15, -0.1) is 0 Å². The fraction of sp³-hybridized carbons (Fsp3) is 0.562. The van der Waals surface area contributed by atoms with Gasteiger partial charge in [0.05, 0.1) is 13.7 Å². The maximum Gasteiger partial charge on any atom is 0.340 e. The van der Waals surface area contributed by atoms with Crippen molar-refractivity contribution in [3.63, 3.8) is 0 Å². The van der Waals surface area contributed by atoms with E-state index < -0.39 is 5.60 Å². The molecule has 2 rings (SSSR count). The highest BCUT2D eigenvalue weighted by Crippen LogP contribution is 2.34. The second-order valence-electron chi connectivity index (χ2n) is 5.32. The topological polar surface area (TPSA) is 38.8 Å². The number of carbonyl (C=O) groups excluding carboxylic acids is 1. The Balaban J connectivity index is 1.62. The van der Waals surface area contributed by atoms with Crippen LogP contribution >= 0.6 is 0 Å². The van der Waals surface area contributed by atoms with Crippen LogP contribution in [0.5, 0.6) is 0 Å². The van der Waals surface area contributed by atoms with Crippen molar-refractivity contribution in [1.29, 1.82) is 0 Å². The SMILES string of the molecule is COC(=O)C1(CCCCCc2ccc(C)cc2)CO1. The molecule has 0 amide bonds. The van der Waals surface area contributed by atoms with Gasteiger partial charge in [0.1, 0.15) is 0 Å². The second kappa shape index (κ2) is 6.20. The van der Waals surface area contributed by atoms with Crippen LogP contribution in [0.4, 0.5) is 0 Å². The highest BCUT2D eigenvalue weighted by molar-refractivity contribution is 5.82. The van der Waals surface area contributed by atoms with Crippen molar-refractivity contribution in [3.8, 4) is 0 Å². The van der Waals surface area contributed by atoms with Gasteiger partial charge >= 0.3 is 5.97 Å². The van der Waals surface area contributed by atoms with Crippen molar-refractivity contribution in [2.24, 2.45) is 0 Å². The smallest absolute Gasteiger partial charge is 0.340 e. The molecule has 1 saturated heterocycles. The van der Waals surface area contributed by atoms with E-state index in [1.54, 1.807) is 0 Å². The Labute approximate surface area is 114 Å². The molecule has 1 aromatic carbocycles. The molecule has 0 aliphatic carbocycles. The van der Waals surface area contributed by atoms with E-state index in [0.717, 1.165) is 32.1 Å². The number of benzene rings is 1. The van der Waals surface area contributed by atoms with Gasteiger partial charge in [-0.25, -0.2) is 4.79 Å². The first kappa shape index (κ1) is 14.1. The minimum atomic E-state index is -0.599. The van der Waals surface area contributed by atoms with Crippen LogP contribution in [0.25, 0.3) is 0 Å². The molecule has 1 aliphatic rings. The van der Waals surface area contributed by atoms with Gasteiger partial charge in [-0.05, 0) is 38.2 Å². The molecule has 0 aromatic heterocycles. The molecular weight excluding hydrogens is 240 g/mol. The molecule has 3 nitrogen and oxygen atoms in total. The number of aryl methyl sites for hydroxylation is 2. The van der Waals surface area contributed by atoms with Crippen LogP contribution in [0.15, 0.2) is 24.3 Å². The summed E-state index contributed by atoms with van der Waals surface area (Å²) in [6.07, 6.45) is 5.18. The molecule has 3 heteroatoms. The molecule has 104 valence electrons. The lowest BCUT2D eigenvalue weighted by atomic mass is 10.00. The Morgan fingerprint density at radius 2 is 1.95 bits per heavy atom. The maximum atomic E-state index is 11.5. The molecule has 1 fully saturated rings. The van der Waals surface area contributed by atoms with Gasteiger partial charge in [-0.1, -0.05) is 36.2 Å². The zero-order chi connectivity index (χ0) is 13.7. The molecule has 0 radical (unpaired) electrons. The molecule has 1 unspecified atom stereocenters. The van der Waals surface area contributed by atoms with Crippen molar-refractivity contribution in [2.75, 3.05) is 13.7 Å². The molecule has 19 heavy (non-hydrogen) atoms. The molecule has 1 atom stereocenters. The quantitative estimate of drug-likeness (QED) is 0.431. The van der Waals surface area contributed by atoms with E-state index in [1.807, 2.05) is 0 Å². The first-order chi connectivity index (χ1) is 9.16. The number of esters is 1. The zero-order valence-electron chi connectivity index (χ0n) is 11.8. The third kappa shape index (κ3) is 3.80. The Morgan fingerprint density at radius 1 is 1.26 bits per heavy atom. The molecule has 1 heterocycles. The van der Waals surface area contributed by atoms with E-state index in [2.05, 4.69) is 31.2 Å². The van der Waals surface area contributed by atoms with Gasteiger partial charge < -0.3 is 9.47 Å². The molecular formula is C16H22O3. The number of ether oxygens (including phenoxy) is 2.